The minimum atomic E-state index is -0.176. The summed E-state index contributed by atoms with van der Waals surface area (Å²) in [6.07, 6.45) is 5.88. The molecule has 0 atom stereocenters. The summed E-state index contributed by atoms with van der Waals surface area (Å²) >= 11 is 0. The SMILES string of the molecule is O=C(/C=C\c1ccc(C2CC2)cc1)NCCO. The molecule has 0 saturated heterocycles. The van der Waals surface area contributed by atoms with Crippen LogP contribution in [0.1, 0.15) is 29.9 Å². The Morgan fingerprint density at radius 3 is 2.65 bits per heavy atom. The molecule has 1 amide bonds. The number of hydrogen-bond acceptors (Lipinski definition) is 2. The van der Waals surface area contributed by atoms with E-state index in [0.717, 1.165) is 11.5 Å². The van der Waals surface area contributed by atoms with Crippen LogP contribution >= 0.6 is 0 Å². The first-order valence-corrected chi connectivity index (χ1v) is 5.96. The number of hydrogen-bond donors (Lipinski definition) is 2. The summed E-state index contributed by atoms with van der Waals surface area (Å²) in [7, 11) is 0. The fraction of sp³-hybridized carbons (Fsp3) is 0.357. The van der Waals surface area contributed by atoms with Gasteiger partial charge in [0.05, 0.1) is 6.61 Å². The first-order chi connectivity index (χ1) is 8.29. The van der Waals surface area contributed by atoms with E-state index >= 15 is 0 Å². The molecule has 0 aliphatic heterocycles. The third-order valence-electron chi connectivity index (χ3n) is 2.82. The van der Waals surface area contributed by atoms with E-state index in [9.17, 15) is 4.79 Å². The van der Waals surface area contributed by atoms with Crippen LogP contribution in [0.25, 0.3) is 6.08 Å². The van der Waals surface area contributed by atoms with Crippen LogP contribution < -0.4 is 5.32 Å². The molecule has 1 saturated carbocycles. The number of benzene rings is 1. The molecule has 0 radical (unpaired) electrons. The van der Waals surface area contributed by atoms with Crippen molar-refractivity contribution >= 4 is 12.0 Å². The zero-order valence-corrected chi connectivity index (χ0v) is 9.73. The molecular formula is C14H17NO2. The van der Waals surface area contributed by atoms with Crippen LogP contribution in [-0.2, 0) is 4.79 Å². The Kier molecular flexibility index (Phi) is 3.94. The fourth-order valence-corrected chi connectivity index (χ4v) is 1.71. The van der Waals surface area contributed by atoms with Gasteiger partial charge in [0.2, 0.25) is 5.91 Å². The zero-order valence-electron chi connectivity index (χ0n) is 9.73. The predicted molar refractivity (Wildman–Crippen MR) is 67.5 cm³/mol. The van der Waals surface area contributed by atoms with Crippen LogP contribution in [0.15, 0.2) is 30.3 Å². The largest absolute Gasteiger partial charge is 0.395 e. The standard InChI is InChI=1S/C14H17NO2/c16-10-9-15-14(17)8-3-11-1-4-12(5-2-11)13-6-7-13/h1-5,8,13,16H,6-7,9-10H2,(H,15,17)/b8-3-. The normalized spacial score (nSPS) is 15.1. The van der Waals surface area contributed by atoms with Gasteiger partial charge < -0.3 is 10.4 Å². The molecule has 1 aliphatic rings. The zero-order chi connectivity index (χ0) is 12.1. The van der Waals surface area contributed by atoms with E-state index in [4.69, 9.17) is 5.11 Å². The lowest BCUT2D eigenvalue weighted by Gasteiger charge is -1.99. The van der Waals surface area contributed by atoms with Gasteiger partial charge in [-0.15, -0.1) is 0 Å². The van der Waals surface area contributed by atoms with E-state index in [1.165, 1.54) is 24.5 Å². The van der Waals surface area contributed by atoms with E-state index in [2.05, 4.69) is 17.4 Å². The van der Waals surface area contributed by atoms with E-state index < -0.39 is 0 Å². The van der Waals surface area contributed by atoms with E-state index in [-0.39, 0.29) is 12.5 Å². The molecule has 2 rings (SSSR count). The molecule has 1 aromatic carbocycles. The summed E-state index contributed by atoms with van der Waals surface area (Å²) < 4.78 is 0. The van der Waals surface area contributed by atoms with Crippen LogP contribution in [0.5, 0.6) is 0 Å². The molecule has 0 unspecified atom stereocenters. The lowest BCUT2D eigenvalue weighted by Crippen LogP contribution is -2.24. The van der Waals surface area contributed by atoms with Crippen LogP contribution in [-0.4, -0.2) is 24.2 Å². The first kappa shape index (κ1) is 11.9. The molecule has 1 fully saturated rings. The summed E-state index contributed by atoms with van der Waals surface area (Å²) in [4.78, 5) is 11.3. The highest BCUT2D eigenvalue weighted by atomic mass is 16.3. The average molecular weight is 231 g/mol. The molecule has 2 N–H and O–H groups in total. The highest BCUT2D eigenvalue weighted by molar-refractivity contribution is 5.91. The monoisotopic (exact) mass is 231 g/mol. The molecule has 0 aromatic heterocycles. The Labute approximate surface area is 101 Å². The van der Waals surface area contributed by atoms with Gasteiger partial charge in [-0.1, -0.05) is 24.3 Å². The molecule has 0 heterocycles. The van der Waals surface area contributed by atoms with E-state index in [1.54, 1.807) is 6.08 Å². The number of carbonyl (C=O) groups is 1. The van der Waals surface area contributed by atoms with Crippen molar-refractivity contribution in [3.8, 4) is 0 Å². The number of carbonyl (C=O) groups excluding carboxylic acids is 1. The average Bonchev–Trinajstić information content (AvgIpc) is 3.19. The maximum atomic E-state index is 11.3. The Balaban J connectivity index is 1.89. The minimum Gasteiger partial charge on any atom is -0.395 e. The second kappa shape index (κ2) is 5.64. The van der Waals surface area contributed by atoms with Crippen molar-refractivity contribution in [1.29, 1.82) is 0 Å². The number of aliphatic hydroxyl groups excluding tert-OH is 1. The van der Waals surface area contributed by atoms with Gasteiger partial charge >= 0.3 is 0 Å². The number of aliphatic hydroxyl groups is 1. The Bertz CT molecular complexity index is 405. The molecule has 1 aliphatic carbocycles. The van der Waals surface area contributed by atoms with Crippen LogP contribution in [0.2, 0.25) is 0 Å². The van der Waals surface area contributed by atoms with Crippen molar-refractivity contribution in [2.75, 3.05) is 13.2 Å². The summed E-state index contributed by atoms with van der Waals surface area (Å²) in [5, 5.41) is 11.1. The molecule has 3 heteroatoms. The maximum Gasteiger partial charge on any atom is 0.244 e. The van der Waals surface area contributed by atoms with Gasteiger partial charge in [0, 0.05) is 12.6 Å². The summed E-state index contributed by atoms with van der Waals surface area (Å²) in [6.45, 7) is 0.263. The smallest absolute Gasteiger partial charge is 0.244 e. The molecule has 3 nitrogen and oxygen atoms in total. The van der Waals surface area contributed by atoms with Crippen LogP contribution in [0.3, 0.4) is 0 Å². The van der Waals surface area contributed by atoms with Gasteiger partial charge in [-0.2, -0.15) is 0 Å². The predicted octanol–water partition coefficient (Wildman–Crippen LogP) is 1.69. The van der Waals surface area contributed by atoms with Gasteiger partial charge in [-0.05, 0) is 36.0 Å². The van der Waals surface area contributed by atoms with Crippen LogP contribution in [0.4, 0.5) is 0 Å². The summed E-state index contributed by atoms with van der Waals surface area (Å²) in [6, 6.07) is 8.32. The lowest BCUT2D eigenvalue weighted by atomic mass is 10.1. The van der Waals surface area contributed by atoms with Crippen molar-refractivity contribution in [3.63, 3.8) is 0 Å². The third-order valence-corrected chi connectivity index (χ3v) is 2.82. The van der Waals surface area contributed by atoms with Gasteiger partial charge in [0.1, 0.15) is 0 Å². The summed E-state index contributed by atoms with van der Waals surface area (Å²) in [5.41, 5.74) is 2.42. The Morgan fingerprint density at radius 2 is 2.06 bits per heavy atom. The summed E-state index contributed by atoms with van der Waals surface area (Å²) in [5.74, 6) is 0.589. The third kappa shape index (κ3) is 3.71. The van der Waals surface area contributed by atoms with E-state index in [0.29, 0.717) is 6.54 Å². The Morgan fingerprint density at radius 1 is 1.35 bits per heavy atom. The lowest BCUT2D eigenvalue weighted by molar-refractivity contribution is -0.116. The molecule has 0 spiro atoms. The second-order valence-corrected chi connectivity index (χ2v) is 4.29. The molecule has 0 bridgehead atoms. The van der Waals surface area contributed by atoms with Gasteiger partial charge in [0.25, 0.3) is 0 Å². The van der Waals surface area contributed by atoms with E-state index in [1.807, 2.05) is 12.1 Å². The van der Waals surface area contributed by atoms with Crippen molar-refractivity contribution in [2.45, 2.75) is 18.8 Å². The van der Waals surface area contributed by atoms with Crippen molar-refractivity contribution in [1.82, 2.24) is 5.32 Å². The van der Waals surface area contributed by atoms with Gasteiger partial charge in [-0.25, -0.2) is 0 Å². The highest BCUT2D eigenvalue weighted by Gasteiger charge is 2.22. The molecule has 1 aromatic rings. The van der Waals surface area contributed by atoms with Crippen molar-refractivity contribution in [3.05, 3.63) is 41.5 Å². The van der Waals surface area contributed by atoms with Crippen LogP contribution in [0, 0.1) is 0 Å². The van der Waals surface area contributed by atoms with Gasteiger partial charge in [0.15, 0.2) is 0 Å². The molecule has 17 heavy (non-hydrogen) atoms. The minimum absolute atomic E-state index is 0.0321. The fourth-order valence-electron chi connectivity index (χ4n) is 1.71. The molecule has 90 valence electrons. The topological polar surface area (TPSA) is 49.3 Å². The second-order valence-electron chi connectivity index (χ2n) is 4.29. The highest BCUT2D eigenvalue weighted by Crippen LogP contribution is 2.39. The van der Waals surface area contributed by atoms with Gasteiger partial charge in [-0.3, -0.25) is 4.79 Å². The van der Waals surface area contributed by atoms with Crippen molar-refractivity contribution in [2.24, 2.45) is 0 Å². The molecular weight excluding hydrogens is 214 g/mol. The number of amides is 1. The maximum absolute atomic E-state index is 11.3. The number of rotatable bonds is 5. The van der Waals surface area contributed by atoms with Crippen molar-refractivity contribution < 1.29 is 9.90 Å². The first-order valence-electron chi connectivity index (χ1n) is 5.96. The number of nitrogens with one attached hydrogen (secondary N) is 1. The Hall–Kier alpha value is -1.61. The quantitative estimate of drug-likeness (QED) is 0.758.